The second-order valence-electron chi connectivity index (χ2n) is 6.36. The average molecular weight is 313 g/mol. The van der Waals surface area contributed by atoms with Crippen molar-refractivity contribution in [3.63, 3.8) is 0 Å². The zero-order chi connectivity index (χ0) is 16.5. The number of methoxy groups -OCH3 is 1. The molecule has 1 N–H and O–H groups in total. The maximum Gasteiger partial charge on any atom is 0.411 e. The van der Waals surface area contributed by atoms with Crippen molar-refractivity contribution in [3.05, 3.63) is 12.0 Å². The normalized spacial score (nSPS) is 25.3. The first-order valence-electron chi connectivity index (χ1n) is 7.19. The minimum atomic E-state index is -0.684. The Morgan fingerprint density at radius 3 is 2.59 bits per heavy atom. The third-order valence-electron chi connectivity index (χ3n) is 3.35. The van der Waals surface area contributed by atoms with E-state index in [9.17, 15) is 9.59 Å². The predicted molar refractivity (Wildman–Crippen MR) is 77.0 cm³/mol. The van der Waals surface area contributed by atoms with Crippen LogP contribution in [0.4, 0.5) is 4.79 Å². The van der Waals surface area contributed by atoms with Crippen LogP contribution in [-0.2, 0) is 19.1 Å². The van der Waals surface area contributed by atoms with Crippen molar-refractivity contribution >= 4 is 12.1 Å². The van der Waals surface area contributed by atoms with Gasteiger partial charge in [-0.2, -0.15) is 0 Å². The van der Waals surface area contributed by atoms with Crippen LogP contribution in [0.2, 0.25) is 0 Å². The highest BCUT2D eigenvalue weighted by Gasteiger charge is 2.45. The molecule has 1 amide bonds. The predicted octanol–water partition coefficient (Wildman–Crippen LogP) is 1.15. The van der Waals surface area contributed by atoms with E-state index < -0.39 is 23.7 Å². The van der Waals surface area contributed by atoms with Crippen LogP contribution in [0, 0.1) is 0 Å². The molecule has 2 atom stereocenters. The molecule has 1 saturated heterocycles. The van der Waals surface area contributed by atoms with E-state index in [1.807, 2.05) is 6.92 Å². The largest absolute Gasteiger partial charge is 0.467 e. The molecule has 0 aromatic heterocycles. The minimum Gasteiger partial charge on any atom is -0.467 e. The molecule has 124 valence electrons. The number of hydrogen-bond donors (Lipinski definition) is 1. The number of hydroxylamine groups is 1. The van der Waals surface area contributed by atoms with Crippen LogP contribution in [0.1, 0.15) is 34.1 Å². The number of likely N-dealkylation sites (tertiary alicyclic amines) is 1. The molecule has 2 heterocycles. The number of hydrazine groups is 1. The lowest BCUT2D eigenvalue weighted by molar-refractivity contribution is -0.155. The van der Waals surface area contributed by atoms with E-state index in [-0.39, 0.29) is 6.04 Å². The van der Waals surface area contributed by atoms with Crippen LogP contribution in [0.5, 0.6) is 0 Å². The third-order valence-corrected chi connectivity index (χ3v) is 3.35. The van der Waals surface area contributed by atoms with Gasteiger partial charge in [-0.25, -0.2) is 9.59 Å². The minimum absolute atomic E-state index is 0.176. The van der Waals surface area contributed by atoms with Crippen molar-refractivity contribution in [1.29, 1.82) is 0 Å². The van der Waals surface area contributed by atoms with Crippen LogP contribution >= 0.6 is 0 Å². The summed E-state index contributed by atoms with van der Waals surface area (Å²) in [5.74, 6) is 0.252. The van der Waals surface area contributed by atoms with E-state index in [0.29, 0.717) is 18.7 Å². The molecule has 1 fully saturated rings. The van der Waals surface area contributed by atoms with Gasteiger partial charge in [0.1, 0.15) is 17.4 Å². The van der Waals surface area contributed by atoms with Crippen LogP contribution in [0.3, 0.4) is 0 Å². The fourth-order valence-electron chi connectivity index (χ4n) is 2.41. The Morgan fingerprint density at radius 2 is 2.09 bits per heavy atom. The monoisotopic (exact) mass is 313 g/mol. The molecule has 2 aliphatic heterocycles. The number of nitrogens with one attached hydrogen (secondary N) is 1. The molecule has 2 aliphatic rings. The van der Waals surface area contributed by atoms with Crippen LogP contribution < -0.4 is 5.43 Å². The van der Waals surface area contributed by atoms with E-state index in [2.05, 4.69) is 5.43 Å². The quantitative estimate of drug-likeness (QED) is 0.766. The highest BCUT2D eigenvalue weighted by atomic mass is 16.7. The van der Waals surface area contributed by atoms with Gasteiger partial charge in [0, 0.05) is 13.0 Å². The van der Waals surface area contributed by atoms with E-state index in [1.54, 1.807) is 27.0 Å². The third kappa shape index (κ3) is 3.62. The van der Waals surface area contributed by atoms with Crippen molar-refractivity contribution in [2.75, 3.05) is 13.7 Å². The van der Waals surface area contributed by atoms with Gasteiger partial charge >= 0.3 is 12.1 Å². The number of allylic oxidation sites excluding steroid dienone is 1. The molecule has 0 aliphatic carbocycles. The Labute approximate surface area is 129 Å². The number of ether oxygens (including phenoxy) is 2. The van der Waals surface area contributed by atoms with Crippen molar-refractivity contribution in [3.8, 4) is 0 Å². The fourth-order valence-corrected chi connectivity index (χ4v) is 2.41. The Hall–Kier alpha value is -1.96. The van der Waals surface area contributed by atoms with Gasteiger partial charge in [0.25, 0.3) is 0 Å². The van der Waals surface area contributed by atoms with Gasteiger partial charge in [-0.1, -0.05) is 5.17 Å². The summed E-state index contributed by atoms with van der Waals surface area (Å²) in [5, 5.41) is 1.54. The van der Waals surface area contributed by atoms with E-state index in [4.69, 9.17) is 14.3 Å². The molecule has 8 heteroatoms. The van der Waals surface area contributed by atoms with Gasteiger partial charge in [-0.05, 0) is 27.7 Å². The Bertz CT molecular complexity index is 485. The molecule has 0 bridgehead atoms. The average Bonchev–Trinajstić information content (AvgIpc) is 3.01. The van der Waals surface area contributed by atoms with Crippen molar-refractivity contribution < 1.29 is 23.9 Å². The van der Waals surface area contributed by atoms with E-state index in [0.717, 1.165) is 0 Å². The van der Waals surface area contributed by atoms with Crippen LogP contribution in [0.25, 0.3) is 0 Å². The van der Waals surface area contributed by atoms with Gasteiger partial charge in [-0.3, -0.25) is 10.3 Å². The van der Waals surface area contributed by atoms with Crippen molar-refractivity contribution in [2.24, 2.45) is 0 Å². The second-order valence-corrected chi connectivity index (χ2v) is 6.36. The zero-order valence-electron chi connectivity index (χ0n) is 13.6. The maximum absolute atomic E-state index is 12.3. The molecular formula is C14H23N3O5. The Balaban J connectivity index is 2.08. The molecule has 0 aromatic carbocycles. The molecular weight excluding hydrogens is 290 g/mol. The molecule has 0 saturated carbocycles. The number of esters is 1. The standard InChI is InChI=1S/C14H23N3O5/c1-9-7-15-17(22-9)10-6-11(12(18)20-5)16(8-10)13(19)21-14(2,3)4/h7,10-11,15H,6,8H2,1-5H3/t10-,11-/m1/s1. The molecule has 0 spiro atoms. The molecule has 22 heavy (non-hydrogen) atoms. The summed E-state index contributed by atoms with van der Waals surface area (Å²) in [5.41, 5.74) is 2.32. The molecule has 2 rings (SSSR count). The maximum atomic E-state index is 12.3. The van der Waals surface area contributed by atoms with Crippen LogP contribution in [-0.4, -0.2) is 53.5 Å². The first-order chi connectivity index (χ1) is 10.2. The van der Waals surface area contributed by atoms with Crippen molar-refractivity contribution in [1.82, 2.24) is 15.5 Å². The van der Waals surface area contributed by atoms with Gasteiger partial charge in [0.2, 0.25) is 0 Å². The lowest BCUT2D eigenvalue weighted by Crippen LogP contribution is -2.45. The summed E-state index contributed by atoms with van der Waals surface area (Å²) in [6.07, 6.45) is 1.58. The zero-order valence-corrected chi connectivity index (χ0v) is 13.6. The highest BCUT2D eigenvalue weighted by molar-refractivity contribution is 5.82. The van der Waals surface area contributed by atoms with Gasteiger partial charge in [0.05, 0.1) is 19.4 Å². The number of nitrogens with zero attached hydrogens (tertiary/aromatic N) is 2. The highest BCUT2D eigenvalue weighted by Crippen LogP contribution is 2.26. The number of carbonyl (C=O) groups is 2. The topological polar surface area (TPSA) is 80.3 Å². The Morgan fingerprint density at radius 1 is 1.41 bits per heavy atom. The van der Waals surface area contributed by atoms with Gasteiger partial charge in [-0.15, -0.1) is 0 Å². The second kappa shape index (κ2) is 6.04. The summed E-state index contributed by atoms with van der Waals surface area (Å²) in [4.78, 5) is 31.2. The first-order valence-corrected chi connectivity index (χ1v) is 7.19. The summed E-state index contributed by atoms with van der Waals surface area (Å²) in [6, 6.07) is -0.860. The SMILES string of the molecule is COC(=O)[C@H]1C[C@@H](N2NC=C(C)O2)CN1C(=O)OC(C)(C)C. The lowest BCUT2D eigenvalue weighted by Gasteiger charge is -2.27. The van der Waals surface area contributed by atoms with Gasteiger partial charge in [0.15, 0.2) is 0 Å². The molecule has 0 aromatic rings. The number of carbonyl (C=O) groups excluding carboxylic acids is 2. The number of rotatable bonds is 2. The number of hydrogen-bond acceptors (Lipinski definition) is 7. The summed E-state index contributed by atoms with van der Waals surface area (Å²) < 4.78 is 10.2. The summed E-state index contributed by atoms with van der Waals surface area (Å²) in [6.45, 7) is 7.46. The van der Waals surface area contributed by atoms with E-state index >= 15 is 0 Å². The molecule has 0 unspecified atom stereocenters. The van der Waals surface area contributed by atoms with Crippen LogP contribution in [0.15, 0.2) is 12.0 Å². The van der Waals surface area contributed by atoms with Gasteiger partial charge < -0.3 is 14.3 Å². The van der Waals surface area contributed by atoms with E-state index in [1.165, 1.54) is 17.2 Å². The summed E-state index contributed by atoms with van der Waals surface area (Å²) >= 11 is 0. The van der Waals surface area contributed by atoms with Crippen molar-refractivity contribution in [2.45, 2.75) is 51.8 Å². The smallest absolute Gasteiger partial charge is 0.411 e. The fraction of sp³-hybridized carbons (Fsp3) is 0.714. The molecule has 8 nitrogen and oxygen atoms in total. The number of amides is 1. The molecule has 0 radical (unpaired) electrons. The Kier molecular flexibility index (Phi) is 4.50. The summed E-state index contributed by atoms with van der Waals surface area (Å²) in [7, 11) is 1.30. The first kappa shape index (κ1) is 16.4. The lowest BCUT2D eigenvalue weighted by atomic mass is 10.2.